The van der Waals surface area contributed by atoms with Crippen LogP contribution in [0.3, 0.4) is 0 Å². The second-order valence-corrected chi connectivity index (χ2v) is 5.38. The zero-order chi connectivity index (χ0) is 16.1. The molecule has 0 aliphatic heterocycles. The standard InChI is InChI=1S/C18H21NO3/c1-19(2)16(13-7-5-4-6-8-13)17(20)14-9-11-15(12-10-14)18(21)22-3/h4-12,16-17,20H,1-3H3. The summed E-state index contributed by atoms with van der Waals surface area (Å²) in [6.45, 7) is 0. The van der Waals surface area contributed by atoms with Crippen molar-refractivity contribution in [3.8, 4) is 0 Å². The van der Waals surface area contributed by atoms with Crippen LogP contribution in [-0.4, -0.2) is 37.2 Å². The fourth-order valence-electron chi connectivity index (χ4n) is 2.53. The van der Waals surface area contributed by atoms with Gasteiger partial charge < -0.3 is 9.84 Å². The van der Waals surface area contributed by atoms with Crippen molar-refractivity contribution in [2.75, 3.05) is 21.2 Å². The van der Waals surface area contributed by atoms with Crippen molar-refractivity contribution in [2.24, 2.45) is 0 Å². The van der Waals surface area contributed by atoms with Crippen molar-refractivity contribution in [1.29, 1.82) is 0 Å². The van der Waals surface area contributed by atoms with E-state index in [0.717, 1.165) is 11.1 Å². The van der Waals surface area contributed by atoms with Crippen molar-refractivity contribution in [3.63, 3.8) is 0 Å². The summed E-state index contributed by atoms with van der Waals surface area (Å²) in [5, 5.41) is 10.7. The Hall–Kier alpha value is -2.17. The van der Waals surface area contributed by atoms with Crippen LogP contribution in [0.1, 0.15) is 33.6 Å². The summed E-state index contributed by atoms with van der Waals surface area (Å²) in [6, 6.07) is 16.6. The largest absolute Gasteiger partial charge is 0.465 e. The average molecular weight is 299 g/mol. The van der Waals surface area contributed by atoms with E-state index >= 15 is 0 Å². The van der Waals surface area contributed by atoms with E-state index in [4.69, 9.17) is 0 Å². The van der Waals surface area contributed by atoms with Crippen LogP contribution in [-0.2, 0) is 4.74 Å². The molecule has 2 rings (SSSR count). The van der Waals surface area contributed by atoms with E-state index in [-0.39, 0.29) is 12.0 Å². The molecular formula is C18H21NO3. The highest BCUT2D eigenvalue weighted by Crippen LogP contribution is 2.32. The van der Waals surface area contributed by atoms with Crippen LogP contribution in [0.15, 0.2) is 54.6 Å². The van der Waals surface area contributed by atoms with Crippen LogP contribution in [0.2, 0.25) is 0 Å². The fraction of sp³-hybridized carbons (Fsp3) is 0.278. The monoisotopic (exact) mass is 299 g/mol. The Morgan fingerprint density at radius 1 is 1.00 bits per heavy atom. The van der Waals surface area contributed by atoms with Crippen LogP contribution in [0.4, 0.5) is 0 Å². The quantitative estimate of drug-likeness (QED) is 0.863. The Kier molecular flexibility index (Phi) is 5.31. The number of benzene rings is 2. The van der Waals surface area contributed by atoms with E-state index in [1.807, 2.05) is 49.3 Å². The molecule has 4 nitrogen and oxygen atoms in total. The lowest BCUT2D eigenvalue weighted by atomic mass is 9.94. The second kappa shape index (κ2) is 7.20. The summed E-state index contributed by atoms with van der Waals surface area (Å²) >= 11 is 0. The number of nitrogens with zero attached hydrogens (tertiary/aromatic N) is 1. The van der Waals surface area contributed by atoms with Gasteiger partial charge in [-0.05, 0) is 37.4 Å². The first-order valence-corrected chi connectivity index (χ1v) is 7.12. The van der Waals surface area contributed by atoms with Gasteiger partial charge in [-0.3, -0.25) is 4.90 Å². The number of aliphatic hydroxyl groups excluding tert-OH is 1. The van der Waals surface area contributed by atoms with Gasteiger partial charge in [-0.1, -0.05) is 42.5 Å². The third kappa shape index (κ3) is 3.53. The van der Waals surface area contributed by atoms with Gasteiger partial charge in [0.15, 0.2) is 0 Å². The van der Waals surface area contributed by atoms with Crippen LogP contribution in [0.25, 0.3) is 0 Å². The maximum atomic E-state index is 11.5. The maximum Gasteiger partial charge on any atom is 0.337 e. The van der Waals surface area contributed by atoms with Gasteiger partial charge in [0.25, 0.3) is 0 Å². The first-order chi connectivity index (χ1) is 10.5. The van der Waals surface area contributed by atoms with Crippen molar-refractivity contribution in [2.45, 2.75) is 12.1 Å². The number of methoxy groups -OCH3 is 1. The van der Waals surface area contributed by atoms with Crippen LogP contribution < -0.4 is 0 Å². The summed E-state index contributed by atoms with van der Waals surface area (Å²) in [5.41, 5.74) is 2.27. The highest BCUT2D eigenvalue weighted by molar-refractivity contribution is 5.89. The number of carbonyl (C=O) groups is 1. The number of esters is 1. The highest BCUT2D eigenvalue weighted by atomic mass is 16.5. The lowest BCUT2D eigenvalue weighted by molar-refractivity contribution is 0.0599. The van der Waals surface area contributed by atoms with Crippen molar-refractivity contribution in [3.05, 3.63) is 71.3 Å². The highest BCUT2D eigenvalue weighted by Gasteiger charge is 2.24. The molecule has 1 N–H and O–H groups in total. The predicted molar refractivity (Wildman–Crippen MR) is 85.6 cm³/mol. The molecule has 0 aliphatic carbocycles. The number of rotatable bonds is 5. The Labute approximate surface area is 131 Å². The molecule has 0 radical (unpaired) electrons. The van der Waals surface area contributed by atoms with Gasteiger partial charge in [-0.2, -0.15) is 0 Å². The molecule has 2 aromatic rings. The zero-order valence-corrected chi connectivity index (χ0v) is 13.1. The molecule has 22 heavy (non-hydrogen) atoms. The van der Waals surface area contributed by atoms with Crippen molar-refractivity contribution in [1.82, 2.24) is 4.90 Å². The summed E-state index contributed by atoms with van der Waals surface area (Å²) in [7, 11) is 5.22. The Balaban J connectivity index is 2.28. The van der Waals surface area contributed by atoms with E-state index in [0.29, 0.717) is 5.56 Å². The molecule has 0 heterocycles. The number of ether oxygens (including phenoxy) is 1. The van der Waals surface area contributed by atoms with E-state index in [1.165, 1.54) is 7.11 Å². The summed E-state index contributed by atoms with van der Waals surface area (Å²) in [5.74, 6) is -0.381. The molecule has 0 aliphatic rings. The fourth-order valence-corrected chi connectivity index (χ4v) is 2.53. The topological polar surface area (TPSA) is 49.8 Å². The van der Waals surface area contributed by atoms with E-state index < -0.39 is 6.10 Å². The molecule has 0 saturated heterocycles. The third-order valence-electron chi connectivity index (χ3n) is 3.67. The van der Waals surface area contributed by atoms with Gasteiger partial charge >= 0.3 is 5.97 Å². The smallest absolute Gasteiger partial charge is 0.337 e. The zero-order valence-electron chi connectivity index (χ0n) is 13.1. The lowest BCUT2D eigenvalue weighted by Gasteiger charge is -2.29. The number of aliphatic hydroxyl groups is 1. The first-order valence-electron chi connectivity index (χ1n) is 7.12. The molecule has 0 amide bonds. The summed E-state index contributed by atoms with van der Waals surface area (Å²) < 4.78 is 4.68. The molecule has 0 saturated carbocycles. The average Bonchev–Trinajstić information content (AvgIpc) is 2.55. The van der Waals surface area contributed by atoms with E-state index in [2.05, 4.69) is 4.74 Å². The Morgan fingerprint density at radius 2 is 1.59 bits per heavy atom. The van der Waals surface area contributed by atoms with E-state index in [9.17, 15) is 9.90 Å². The summed E-state index contributed by atoms with van der Waals surface area (Å²) in [6.07, 6.45) is -0.691. The second-order valence-electron chi connectivity index (χ2n) is 5.38. The molecule has 4 heteroatoms. The molecule has 0 aromatic heterocycles. The normalized spacial score (nSPS) is 13.7. The number of carbonyl (C=O) groups excluding carboxylic acids is 1. The lowest BCUT2D eigenvalue weighted by Crippen LogP contribution is -2.26. The minimum Gasteiger partial charge on any atom is -0.465 e. The molecule has 2 unspecified atom stereocenters. The molecule has 0 spiro atoms. The maximum absolute atomic E-state index is 11.5. The van der Waals surface area contributed by atoms with Gasteiger partial charge in [-0.15, -0.1) is 0 Å². The van der Waals surface area contributed by atoms with Gasteiger partial charge in [0.1, 0.15) is 0 Å². The van der Waals surface area contributed by atoms with Gasteiger partial charge in [0, 0.05) is 0 Å². The van der Waals surface area contributed by atoms with Gasteiger partial charge in [0.05, 0.1) is 24.8 Å². The van der Waals surface area contributed by atoms with Gasteiger partial charge in [-0.25, -0.2) is 4.79 Å². The van der Waals surface area contributed by atoms with Crippen LogP contribution in [0.5, 0.6) is 0 Å². The molecule has 0 fully saturated rings. The molecular weight excluding hydrogens is 278 g/mol. The first kappa shape index (κ1) is 16.2. The third-order valence-corrected chi connectivity index (χ3v) is 3.67. The molecule has 116 valence electrons. The Bertz CT molecular complexity index is 608. The number of likely N-dealkylation sites (N-methyl/N-ethyl adjacent to an activating group) is 1. The predicted octanol–water partition coefficient (Wildman–Crippen LogP) is 2.81. The minimum absolute atomic E-state index is 0.162. The molecule has 2 atom stereocenters. The van der Waals surface area contributed by atoms with Crippen LogP contribution >= 0.6 is 0 Å². The molecule has 2 aromatic carbocycles. The van der Waals surface area contributed by atoms with Crippen LogP contribution in [0, 0.1) is 0 Å². The van der Waals surface area contributed by atoms with Gasteiger partial charge in [0.2, 0.25) is 0 Å². The number of hydrogen-bond acceptors (Lipinski definition) is 4. The SMILES string of the molecule is COC(=O)c1ccc(C(O)C(c2ccccc2)N(C)C)cc1. The Morgan fingerprint density at radius 3 is 2.09 bits per heavy atom. The minimum atomic E-state index is -0.691. The summed E-state index contributed by atoms with van der Waals surface area (Å²) in [4.78, 5) is 13.4. The van der Waals surface area contributed by atoms with E-state index in [1.54, 1.807) is 24.3 Å². The number of hydrogen-bond donors (Lipinski definition) is 1. The molecule has 0 bridgehead atoms. The van der Waals surface area contributed by atoms with Crippen molar-refractivity contribution >= 4 is 5.97 Å². The van der Waals surface area contributed by atoms with Crippen molar-refractivity contribution < 1.29 is 14.6 Å².